The topological polar surface area (TPSA) is 82.6 Å². The predicted molar refractivity (Wildman–Crippen MR) is 122 cm³/mol. The molecule has 166 valence electrons. The van der Waals surface area contributed by atoms with Gasteiger partial charge in [-0.25, -0.2) is 18.1 Å². The first-order valence-electron chi connectivity index (χ1n) is 10.8. The van der Waals surface area contributed by atoms with Crippen molar-refractivity contribution in [2.24, 2.45) is 0 Å². The maximum atomic E-state index is 12.9. The lowest BCUT2D eigenvalue weighted by Gasteiger charge is -2.36. The highest BCUT2D eigenvalue weighted by Gasteiger charge is 2.27. The number of pyridine rings is 1. The van der Waals surface area contributed by atoms with Crippen LogP contribution in [0.1, 0.15) is 58.8 Å². The van der Waals surface area contributed by atoms with Gasteiger partial charge in [0.15, 0.2) is 0 Å². The minimum Gasteiger partial charge on any atom is -0.353 e. The van der Waals surface area contributed by atoms with Gasteiger partial charge in [-0.05, 0) is 61.4 Å². The van der Waals surface area contributed by atoms with Crippen molar-refractivity contribution < 1.29 is 13.2 Å². The summed E-state index contributed by atoms with van der Waals surface area (Å²) < 4.78 is 25.4. The van der Waals surface area contributed by atoms with Gasteiger partial charge in [-0.1, -0.05) is 18.2 Å². The van der Waals surface area contributed by atoms with E-state index < -0.39 is 10.0 Å². The SMILES string of the molecule is Cc1cc(C2CC2)cnc1N1CCN(C(=O)c2ccc([C@H](C)NS(C)(=O)=O)cc2)CC1. The van der Waals surface area contributed by atoms with Crippen molar-refractivity contribution in [1.82, 2.24) is 14.6 Å². The first-order valence-corrected chi connectivity index (χ1v) is 12.7. The number of nitrogens with zero attached hydrogens (tertiary/aromatic N) is 3. The van der Waals surface area contributed by atoms with Crippen molar-refractivity contribution in [2.75, 3.05) is 37.3 Å². The molecule has 2 fully saturated rings. The quantitative estimate of drug-likeness (QED) is 0.744. The van der Waals surface area contributed by atoms with E-state index in [4.69, 9.17) is 4.98 Å². The van der Waals surface area contributed by atoms with Crippen molar-refractivity contribution in [3.8, 4) is 0 Å². The van der Waals surface area contributed by atoms with E-state index in [9.17, 15) is 13.2 Å². The summed E-state index contributed by atoms with van der Waals surface area (Å²) in [7, 11) is -3.29. The molecule has 8 heteroatoms. The van der Waals surface area contributed by atoms with Gasteiger partial charge in [0, 0.05) is 44.0 Å². The summed E-state index contributed by atoms with van der Waals surface area (Å²) in [6, 6.07) is 9.07. The molecule has 1 atom stereocenters. The minimum absolute atomic E-state index is 0.00341. The summed E-state index contributed by atoms with van der Waals surface area (Å²) in [4.78, 5) is 21.8. The molecule has 0 unspecified atom stereocenters. The van der Waals surface area contributed by atoms with Gasteiger partial charge in [0.1, 0.15) is 5.82 Å². The van der Waals surface area contributed by atoms with E-state index in [0.29, 0.717) is 24.6 Å². The van der Waals surface area contributed by atoms with Gasteiger partial charge < -0.3 is 9.80 Å². The Kier molecular flexibility index (Phi) is 6.03. The Bertz CT molecular complexity index is 1060. The second-order valence-corrected chi connectivity index (χ2v) is 10.5. The van der Waals surface area contributed by atoms with Gasteiger partial charge in [-0.2, -0.15) is 0 Å². The van der Waals surface area contributed by atoms with Gasteiger partial charge >= 0.3 is 0 Å². The largest absolute Gasteiger partial charge is 0.353 e. The molecule has 1 aliphatic heterocycles. The summed E-state index contributed by atoms with van der Waals surface area (Å²) >= 11 is 0. The highest BCUT2D eigenvalue weighted by molar-refractivity contribution is 7.88. The molecule has 1 saturated heterocycles. The number of piperazine rings is 1. The predicted octanol–water partition coefficient (Wildman–Crippen LogP) is 2.84. The van der Waals surface area contributed by atoms with Crippen LogP contribution in [0.3, 0.4) is 0 Å². The molecule has 1 N–H and O–H groups in total. The average molecular weight is 443 g/mol. The van der Waals surface area contributed by atoms with Crippen LogP contribution in [0.2, 0.25) is 0 Å². The summed E-state index contributed by atoms with van der Waals surface area (Å²) in [5, 5.41) is 0. The summed E-state index contributed by atoms with van der Waals surface area (Å²) in [5.41, 5.74) is 3.99. The van der Waals surface area contributed by atoms with Crippen molar-refractivity contribution in [3.63, 3.8) is 0 Å². The lowest BCUT2D eigenvalue weighted by Crippen LogP contribution is -2.49. The van der Waals surface area contributed by atoms with Crippen LogP contribution < -0.4 is 9.62 Å². The third-order valence-electron chi connectivity index (χ3n) is 6.04. The number of rotatable bonds is 6. The lowest BCUT2D eigenvalue weighted by molar-refractivity contribution is 0.0746. The molecule has 1 aromatic heterocycles. The second kappa shape index (κ2) is 8.59. The van der Waals surface area contributed by atoms with Crippen LogP contribution in [0.4, 0.5) is 5.82 Å². The van der Waals surface area contributed by atoms with Crippen LogP contribution in [-0.4, -0.2) is 56.6 Å². The van der Waals surface area contributed by atoms with E-state index in [1.54, 1.807) is 31.2 Å². The Hall–Kier alpha value is -2.45. The molecule has 0 spiro atoms. The van der Waals surface area contributed by atoms with Gasteiger partial charge in [0.25, 0.3) is 5.91 Å². The number of hydrogen-bond donors (Lipinski definition) is 1. The molecular formula is C23H30N4O3S. The van der Waals surface area contributed by atoms with Crippen LogP contribution in [0.25, 0.3) is 0 Å². The highest BCUT2D eigenvalue weighted by Crippen LogP contribution is 2.40. The molecule has 2 heterocycles. The number of nitrogens with one attached hydrogen (secondary N) is 1. The molecule has 0 bridgehead atoms. The Morgan fingerprint density at radius 3 is 2.32 bits per heavy atom. The van der Waals surface area contributed by atoms with E-state index in [-0.39, 0.29) is 11.9 Å². The molecule has 7 nitrogen and oxygen atoms in total. The molecule has 2 aromatic rings. The first-order chi connectivity index (χ1) is 14.7. The van der Waals surface area contributed by atoms with Crippen molar-refractivity contribution in [2.45, 2.75) is 38.6 Å². The van der Waals surface area contributed by atoms with E-state index in [1.165, 1.54) is 24.0 Å². The van der Waals surface area contributed by atoms with Crippen LogP contribution in [0.15, 0.2) is 36.5 Å². The molecule has 1 saturated carbocycles. The van der Waals surface area contributed by atoms with Crippen LogP contribution in [0, 0.1) is 6.92 Å². The van der Waals surface area contributed by atoms with Crippen LogP contribution in [-0.2, 0) is 10.0 Å². The third-order valence-corrected chi connectivity index (χ3v) is 6.82. The third kappa shape index (κ3) is 5.25. The van der Waals surface area contributed by atoms with Gasteiger partial charge in [0.2, 0.25) is 10.0 Å². The maximum Gasteiger partial charge on any atom is 0.253 e. The Balaban J connectivity index is 1.36. The minimum atomic E-state index is -3.29. The van der Waals surface area contributed by atoms with Gasteiger partial charge in [0.05, 0.1) is 6.26 Å². The molecule has 31 heavy (non-hydrogen) atoms. The van der Waals surface area contributed by atoms with Crippen molar-refractivity contribution in [1.29, 1.82) is 0 Å². The van der Waals surface area contributed by atoms with Gasteiger partial charge in [-0.15, -0.1) is 0 Å². The molecule has 2 aliphatic rings. The number of hydrogen-bond acceptors (Lipinski definition) is 5. The normalized spacial score (nSPS) is 18.2. The lowest BCUT2D eigenvalue weighted by atomic mass is 10.1. The standard InChI is InChI=1S/C23H30N4O3S/c1-16-14-21(19-6-7-19)15-24-22(16)26-10-12-27(13-11-26)23(28)20-8-4-18(5-9-20)17(2)25-31(3,29)30/h4-5,8-9,14-15,17,19,25H,6-7,10-13H2,1-3H3/t17-/m0/s1. The van der Waals surface area contributed by atoms with E-state index >= 15 is 0 Å². The molecular weight excluding hydrogens is 412 g/mol. The Morgan fingerprint density at radius 1 is 1.13 bits per heavy atom. The molecule has 4 rings (SSSR count). The van der Waals surface area contributed by atoms with Crippen LogP contribution in [0.5, 0.6) is 0 Å². The number of benzene rings is 1. The number of amides is 1. The summed E-state index contributed by atoms with van der Waals surface area (Å²) in [6.45, 7) is 6.72. The number of carbonyl (C=O) groups is 1. The van der Waals surface area contributed by atoms with Crippen molar-refractivity contribution in [3.05, 3.63) is 58.8 Å². The Labute approximate surface area is 184 Å². The average Bonchev–Trinajstić information content (AvgIpc) is 3.58. The highest BCUT2D eigenvalue weighted by atomic mass is 32.2. The zero-order valence-corrected chi connectivity index (χ0v) is 19.2. The fourth-order valence-corrected chi connectivity index (χ4v) is 4.95. The zero-order chi connectivity index (χ0) is 22.2. The van der Waals surface area contributed by atoms with Gasteiger partial charge in [-0.3, -0.25) is 4.79 Å². The Morgan fingerprint density at radius 2 is 1.77 bits per heavy atom. The smallest absolute Gasteiger partial charge is 0.253 e. The fourth-order valence-electron chi connectivity index (χ4n) is 4.17. The van der Waals surface area contributed by atoms with E-state index in [2.05, 4.69) is 22.6 Å². The number of anilines is 1. The summed E-state index contributed by atoms with van der Waals surface area (Å²) in [6.07, 6.45) is 5.70. The number of carbonyl (C=O) groups excluding carboxylic acids is 1. The molecule has 1 amide bonds. The molecule has 1 aliphatic carbocycles. The second-order valence-electron chi connectivity index (χ2n) is 8.70. The molecule has 0 radical (unpaired) electrons. The fraction of sp³-hybridized carbons (Fsp3) is 0.478. The summed E-state index contributed by atoms with van der Waals surface area (Å²) in [5.74, 6) is 1.73. The first kappa shape index (κ1) is 21.8. The zero-order valence-electron chi connectivity index (χ0n) is 18.3. The monoisotopic (exact) mass is 442 g/mol. The molecule has 1 aromatic carbocycles. The van der Waals surface area contributed by atoms with Crippen LogP contribution >= 0.6 is 0 Å². The number of aryl methyl sites for hydroxylation is 1. The maximum absolute atomic E-state index is 12.9. The number of aromatic nitrogens is 1. The number of sulfonamides is 1. The van der Waals surface area contributed by atoms with E-state index in [1.807, 2.05) is 11.1 Å². The van der Waals surface area contributed by atoms with Crippen molar-refractivity contribution >= 4 is 21.7 Å². The van der Waals surface area contributed by atoms with E-state index in [0.717, 1.165) is 30.7 Å².